The van der Waals surface area contributed by atoms with Crippen LogP contribution in [0.1, 0.15) is 59.3 Å². The van der Waals surface area contributed by atoms with Crippen LogP contribution in [0.15, 0.2) is 0 Å². The maximum Gasteiger partial charge on any atom is 0.0306 e. The molecule has 0 radical (unpaired) electrons. The lowest BCUT2D eigenvalue weighted by molar-refractivity contribution is 0.311. The monoisotopic (exact) mass is 226 g/mol. The maximum absolute atomic E-state index is 3.72. The van der Waals surface area contributed by atoms with Gasteiger partial charge in [0.1, 0.15) is 0 Å². The van der Waals surface area contributed by atoms with Crippen LogP contribution in [-0.2, 0) is 0 Å². The molecule has 0 spiro atoms. The van der Waals surface area contributed by atoms with Crippen molar-refractivity contribution in [2.24, 2.45) is 5.92 Å². The van der Waals surface area contributed by atoms with Crippen LogP contribution in [0.3, 0.4) is 0 Å². The highest BCUT2D eigenvalue weighted by Gasteiger charge is 2.31. The van der Waals surface area contributed by atoms with Crippen LogP contribution in [-0.4, -0.2) is 25.2 Å². The van der Waals surface area contributed by atoms with Crippen molar-refractivity contribution in [2.45, 2.75) is 64.8 Å². The van der Waals surface area contributed by atoms with Crippen LogP contribution in [0.2, 0.25) is 0 Å². The number of rotatable bonds is 8. The average Bonchev–Trinajstić information content (AvgIpc) is 2.74. The Morgan fingerprint density at radius 1 is 1.25 bits per heavy atom. The molecule has 0 amide bonds. The van der Waals surface area contributed by atoms with Gasteiger partial charge < -0.3 is 10.6 Å². The van der Waals surface area contributed by atoms with E-state index in [1.165, 1.54) is 51.6 Å². The molecule has 0 bridgehead atoms. The number of hydrogen-bond acceptors (Lipinski definition) is 2. The molecule has 1 atom stereocenters. The van der Waals surface area contributed by atoms with E-state index >= 15 is 0 Å². The number of nitrogens with one attached hydrogen (secondary N) is 2. The van der Waals surface area contributed by atoms with Gasteiger partial charge in [0.05, 0.1) is 0 Å². The van der Waals surface area contributed by atoms with Crippen LogP contribution in [0.4, 0.5) is 0 Å². The van der Waals surface area contributed by atoms with Gasteiger partial charge >= 0.3 is 0 Å². The smallest absolute Gasteiger partial charge is 0.0306 e. The maximum atomic E-state index is 3.72. The first-order valence-corrected chi connectivity index (χ1v) is 7.22. The summed E-state index contributed by atoms with van der Waals surface area (Å²) in [5, 5.41) is 7.41. The van der Waals surface area contributed by atoms with Gasteiger partial charge in [0.15, 0.2) is 0 Å². The Hall–Kier alpha value is -0.0800. The standard InChI is InChI=1S/C14H30N2/c1-4-8-14(9-7-10-16-14)12-15-11-13(5-2)6-3/h13,15-16H,4-12H2,1-3H3. The lowest BCUT2D eigenvalue weighted by Gasteiger charge is -2.30. The molecule has 0 aromatic rings. The van der Waals surface area contributed by atoms with Gasteiger partial charge in [0.25, 0.3) is 0 Å². The molecule has 0 saturated carbocycles. The molecule has 2 nitrogen and oxygen atoms in total. The van der Waals surface area contributed by atoms with Gasteiger partial charge in [-0.2, -0.15) is 0 Å². The van der Waals surface area contributed by atoms with Gasteiger partial charge in [-0.05, 0) is 38.3 Å². The zero-order valence-corrected chi connectivity index (χ0v) is 11.4. The minimum Gasteiger partial charge on any atom is -0.315 e. The van der Waals surface area contributed by atoms with Gasteiger partial charge in [0, 0.05) is 12.1 Å². The van der Waals surface area contributed by atoms with Crippen molar-refractivity contribution in [3.05, 3.63) is 0 Å². The Morgan fingerprint density at radius 2 is 2.00 bits per heavy atom. The Bertz CT molecular complexity index is 170. The second-order valence-electron chi connectivity index (χ2n) is 5.37. The minimum absolute atomic E-state index is 0.417. The number of hydrogen-bond donors (Lipinski definition) is 2. The van der Waals surface area contributed by atoms with Crippen LogP contribution in [0, 0.1) is 5.92 Å². The highest BCUT2D eigenvalue weighted by Crippen LogP contribution is 2.23. The van der Waals surface area contributed by atoms with Gasteiger partial charge in [-0.1, -0.05) is 40.0 Å². The molecule has 1 fully saturated rings. The molecule has 1 unspecified atom stereocenters. The lowest BCUT2D eigenvalue weighted by Crippen LogP contribution is -2.49. The summed E-state index contributed by atoms with van der Waals surface area (Å²) in [5.74, 6) is 0.861. The summed E-state index contributed by atoms with van der Waals surface area (Å²) >= 11 is 0. The second kappa shape index (κ2) is 7.29. The van der Waals surface area contributed by atoms with Crippen molar-refractivity contribution in [2.75, 3.05) is 19.6 Å². The third-order valence-corrected chi connectivity index (χ3v) is 4.11. The van der Waals surface area contributed by atoms with Crippen molar-refractivity contribution in [3.8, 4) is 0 Å². The van der Waals surface area contributed by atoms with Gasteiger partial charge in [-0.15, -0.1) is 0 Å². The third kappa shape index (κ3) is 4.06. The van der Waals surface area contributed by atoms with Crippen molar-refractivity contribution < 1.29 is 0 Å². The van der Waals surface area contributed by atoms with Crippen molar-refractivity contribution >= 4 is 0 Å². The van der Waals surface area contributed by atoms with E-state index in [2.05, 4.69) is 31.4 Å². The fraction of sp³-hybridized carbons (Fsp3) is 1.00. The van der Waals surface area contributed by atoms with E-state index in [-0.39, 0.29) is 0 Å². The highest BCUT2D eigenvalue weighted by atomic mass is 15.1. The Kier molecular flexibility index (Phi) is 6.37. The molecule has 0 aromatic heterocycles. The molecule has 96 valence electrons. The quantitative estimate of drug-likeness (QED) is 0.665. The Labute approximate surface area is 102 Å². The van der Waals surface area contributed by atoms with Gasteiger partial charge in [-0.3, -0.25) is 0 Å². The average molecular weight is 226 g/mol. The molecule has 16 heavy (non-hydrogen) atoms. The first-order valence-electron chi connectivity index (χ1n) is 7.22. The Balaban J connectivity index is 2.27. The van der Waals surface area contributed by atoms with E-state index in [1.807, 2.05) is 0 Å². The fourth-order valence-electron chi connectivity index (χ4n) is 2.89. The molecule has 1 rings (SSSR count). The van der Waals surface area contributed by atoms with E-state index in [1.54, 1.807) is 0 Å². The summed E-state index contributed by atoms with van der Waals surface area (Å²) in [6.07, 6.45) is 7.93. The molecule has 1 aliphatic rings. The first-order chi connectivity index (χ1) is 7.76. The highest BCUT2D eigenvalue weighted by molar-refractivity contribution is 4.94. The largest absolute Gasteiger partial charge is 0.315 e. The molecule has 0 aromatic carbocycles. The summed E-state index contributed by atoms with van der Waals surface area (Å²) in [6.45, 7) is 10.5. The SMILES string of the molecule is CCCC1(CNCC(CC)CC)CCCN1. The Morgan fingerprint density at radius 3 is 2.50 bits per heavy atom. The summed E-state index contributed by atoms with van der Waals surface area (Å²) in [5.41, 5.74) is 0.417. The van der Waals surface area contributed by atoms with Crippen LogP contribution < -0.4 is 10.6 Å². The van der Waals surface area contributed by atoms with Crippen molar-refractivity contribution in [1.82, 2.24) is 10.6 Å². The minimum atomic E-state index is 0.417. The molecular formula is C14H30N2. The predicted octanol–water partition coefficient (Wildman–Crippen LogP) is 2.93. The van der Waals surface area contributed by atoms with E-state index in [0.29, 0.717) is 5.54 Å². The summed E-state index contributed by atoms with van der Waals surface area (Å²) in [6, 6.07) is 0. The van der Waals surface area contributed by atoms with Gasteiger partial charge in [-0.25, -0.2) is 0 Å². The molecule has 1 saturated heterocycles. The van der Waals surface area contributed by atoms with Crippen molar-refractivity contribution in [1.29, 1.82) is 0 Å². The predicted molar refractivity (Wildman–Crippen MR) is 71.8 cm³/mol. The zero-order chi connectivity index (χ0) is 11.9. The zero-order valence-electron chi connectivity index (χ0n) is 11.4. The van der Waals surface area contributed by atoms with Crippen LogP contribution >= 0.6 is 0 Å². The normalized spacial score (nSPS) is 25.5. The molecule has 2 N–H and O–H groups in total. The molecule has 1 heterocycles. The van der Waals surface area contributed by atoms with Crippen LogP contribution in [0.5, 0.6) is 0 Å². The van der Waals surface area contributed by atoms with Crippen LogP contribution in [0.25, 0.3) is 0 Å². The van der Waals surface area contributed by atoms with Gasteiger partial charge in [0.2, 0.25) is 0 Å². The van der Waals surface area contributed by atoms with E-state index in [0.717, 1.165) is 12.5 Å². The van der Waals surface area contributed by atoms with E-state index in [9.17, 15) is 0 Å². The molecule has 0 aliphatic carbocycles. The second-order valence-corrected chi connectivity index (χ2v) is 5.37. The van der Waals surface area contributed by atoms with E-state index < -0.39 is 0 Å². The summed E-state index contributed by atoms with van der Waals surface area (Å²) < 4.78 is 0. The van der Waals surface area contributed by atoms with Crippen molar-refractivity contribution in [3.63, 3.8) is 0 Å². The van der Waals surface area contributed by atoms with E-state index in [4.69, 9.17) is 0 Å². The third-order valence-electron chi connectivity index (χ3n) is 4.11. The summed E-state index contributed by atoms with van der Waals surface area (Å²) in [7, 11) is 0. The fourth-order valence-corrected chi connectivity index (χ4v) is 2.89. The first kappa shape index (κ1) is 14.0. The topological polar surface area (TPSA) is 24.1 Å². The summed E-state index contributed by atoms with van der Waals surface area (Å²) in [4.78, 5) is 0. The molecule has 2 heteroatoms. The molecule has 1 aliphatic heterocycles. The molecular weight excluding hydrogens is 196 g/mol. The lowest BCUT2D eigenvalue weighted by atomic mass is 9.91.